The fourth-order valence-electron chi connectivity index (χ4n) is 10.9. The van der Waals surface area contributed by atoms with Crippen LogP contribution in [-0.4, -0.2) is 9.13 Å². The van der Waals surface area contributed by atoms with Crippen LogP contribution in [0.3, 0.4) is 0 Å². The number of nitrogens with zero attached hydrogens (tertiary/aromatic N) is 2. The fraction of sp³-hybridized carbons (Fsp3) is 0.0323. The van der Waals surface area contributed by atoms with Crippen LogP contribution in [-0.2, 0) is 0 Å². The Balaban J connectivity index is 0.838. The molecule has 0 fully saturated rings. The van der Waals surface area contributed by atoms with Gasteiger partial charge in [0.25, 0.3) is 0 Å². The average Bonchev–Trinajstić information content (AvgIpc) is 4.11. The van der Waals surface area contributed by atoms with Gasteiger partial charge >= 0.3 is 0 Å². The molecule has 10 aromatic carbocycles. The Morgan fingerprint density at radius 3 is 1.58 bits per heavy atom. The second-order valence-corrected chi connectivity index (χ2v) is 17.8. The van der Waals surface area contributed by atoms with Gasteiger partial charge < -0.3 is 18.0 Å². The zero-order valence-electron chi connectivity index (χ0n) is 36.3. The molecule has 4 aromatic heterocycles. The molecular weight excluding hydrogens is 805 g/mol. The molecule has 0 radical (unpaired) electrons. The molecular formula is C62H40N2O2. The smallest absolute Gasteiger partial charge is 0.143 e. The zero-order chi connectivity index (χ0) is 43.6. The standard InChI is InChI=1S/C62H40N2O2/c1-37-30-53(62-54(31-37)51-35-42(24-28-61(51)66-62)39-12-11-13-43(33-39)63-55-18-7-3-14-46(55)47-15-4-8-19-56(47)63)45-26-22-40(32-38(45)2)41-23-27-58-50(34-41)48-16-5-9-20-57(48)64(58)44-25-29-60-52(36-44)49-17-6-10-21-59(49)65-60/h3-36H,1-2H3. The Morgan fingerprint density at radius 1 is 0.303 bits per heavy atom. The summed E-state index contributed by atoms with van der Waals surface area (Å²) in [6.45, 7) is 4.41. The Hall–Kier alpha value is -8.60. The number of aromatic nitrogens is 2. The zero-order valence-corrected chi connectivity index (χ0v) is 36.3. The third-order valence-electron chi connectivity index (χ3n) is 13.9. The van der Waals surface area contributed by atoms with E-state index in [0.29, 0.717) is 0 Å². The first kappa shape index (κ1) is 36.8. The number of hydrogen-bond acceptors (Lipinski definition) is 2. The summed E-state index contributed by atoms with van der Waals surface area (Å²) in [7, 11) is 0. The molecule has 4 heterocycles. The second kappa shape index (κ2) is 13.9. The molecule has 4 nitrogen and oxygen atoms in total. The molecule has 310 valence electrons. The molecule has 0 aliphatic carbocycles. The van der Waals surface area contributed by atoms with Gasteiger partial charge in [-0.1, -0.05) is 115 Å². The molecule has 0 spiro atoms. The van der Waals surface area contributed by atoms with Gasteiger partial charge in [-0.25, -0.2) is 0 Å². The predicted molar refractivity (Wildman–Crippen MR) is 275 cm³/mol. The summed E-state index contributed by atoms with van der Waals surface area (Å²) in [5, 5.41) is 9.48. The van der Waals surface area contributed by atoms with Crippen LogP contribution in [0.2, 0.25) is 0 Å². The van der Waals surface area contributed by atoms with Gasteiger partial charge in [-0.3, -0.25) is 0 Å². The number of para-hydroxylation sites is 4. The molecule has 0 amide bonds. The second-order valence-electron chi connectivity index (χ2n) is 17.8. The summed E-state index contributed by atoms with van der Waals surface area (Å²) in [5.41, 5.74) is 20.0. The minimum atomic E-state index is 0.888. The van der Waals surface area contributed by atoms with Crippen molar-refractivity contribution in [1.82, 2.24) is 9.13 Å². The topological polar surface area (TPSA) is 36.1 Å². The van der Waals surface area contributed by atoms with Crippen molar-refractivity contribution in [1.29, 1.82) is 0 Å². The summed E-state index contributed by atoms with van der Waals surface area (Å²) in [6, 6.07) is 74.7. The van der Waals surface area contributed by atoms with E-state index in [1.807, 2.05) is 12.1 Å². The highest BCUT2D eigenvalue weighted by Crippen LogP contribution is 2.42. The van der Waals surface area contributed by atoms with Crippen molar-refractivity contribution in [2.24, 2.45) is 0 Å². The number of furan rings is 2. The highest BCUT2D eigenvalue weighted by Gasteiger charge is 2.19. The van der Waals surface area contributed by atoms with E-state index in [1.54, 1.807) is 0 Å². The van der Waals surface area contributed by atoms with E-state index in [0.717, 1.165) is 71.9 Å². The molecule has 0 atom stereocenters. The van der Waals surface area contributed by atoms with Gasteiger partial charge in [0.05, 0.1) is 22.1 Å². The molecule has 4 heteroatoms. The molecule has 0 saturated heterocycles. The Morgan fingerprint density at radius 2 is 0.833 bits per heavy atom. The normalized spacial score (nSPS) is 12.1. The molecule has 14 rings (SSSR count). The van der Waals surface area contributed by atoms with Gasteiger partial charge in [0.2, 0.25) is 0 Å². The summed E-state index contributed by atoms with van der Waals surface area (Å²) >= 11 is 0. The van der Waals surface area contributed by atoms with E-state index in [4.69, 9.17) is 8.83 Å². The van der Waals surface area contributed by atoms with Gasteiger partial charge in [-0.05, 0) is 144 Å². The number of rotatable bonds is 5. The van der Waals surface area contributed by atoms with Crippen molar-refractivity contribution in [3.05, 3.63) is 217 Å². The van der Waals surface area contributed by atoms with Crippen molar-refractivity contribution in [2.45, 2.75) is 13.8 Å². The number of fused-ring (bicyclic) bond motifs is 12. The first-order valence-electron chi connectivity index (χ1n) is 22.6. The lowest BCUT2D eigenvalue weighted by Crippen LogP contribution is -1.94. The molecule has 0 unspecified atom stereocenters. The molecule has 14 aromatic rings. The van der Waals surface area contributed by atoms with Crippen molar-refractivity contribution >= 4 is 87.5 Å². The minimum Gasteiger partial charge on any atom is -0.456 e. The quantitative estimate of drug-likeness (QED) is 0.173. The molecule has 0 N–H and O–H groups in total. The lowest BCUT2D eigenvalue weighted by Gasteiger charge is -2.12. The minimum absolute atomic E-state index is 0.888. The first-order chi connectivity index (χ1) is 32.5. The lowest BCUT2D eigenvalue weighted by molar-refractivity contribution is 0.669. The van der Waals surface area contributed by atoms with Crippen LogP contribution in [0.4, 0.5) is 0 Å². The van der Waals surface area contributed by atoms with Gasteiger partial charge in [-0.2, -0.15) is 0 Å². The van der Waals surface area contributed by atoms with Crippen LogP contribution < -0.4 is 0 Å². The molecule has 0 saturated carbocycles. The van der Waals surface area contributed by atoms with Crippen LogP contribution in [0, 0.1) is 13.8 Å². The molecule has 0 aliphatic heterocycles. The Bertz CT molecular complexity index is 4270. The van der Waals surface area contributed by atoms with Crippen molar-refractivity contribution in [3.8, 4) is 44.8 Å². The maximum atomic E-state index is 6.79. The highest BCUT2D eigenvalue weighted by molar-refractivity contribution is 6.14. The number of benzene rings is 10. The summed E-state index contributed by atoms with van der Waals surface area (Å²) in [5.74, 6) is 0. The Kier molecular flexibility index (Phi) is 7.79. The highest BCUT2D eigenvalue weighted by atomic mass is 16.3. The Labute approximate surface area is 379 Å². The van der Waals surface area contributed by atoms with E-state index in [9.17, 15) is 0 Å². The van der Waals surface area contributed by atoms with Crippen LogP contribution in [0.1, 0.15) is 11.1 Å². The molecule has 66 heavy (non-hydrogen) atoms. The van der Waals surface area contributed by atoms with Gasteiger partial charge in [-0.15, -0.1) is 0 Å². The SMILES string of the molecule is Cc1cc(-c2ccc(-c3ccc4c(c3)c3ccccc3n4-c3ccc4oc5ccccc5c4c3)cc2C)c2oc3ccc(-c4cccc(-n5c6ccccc6c6ccccc65)c4)cc3c2c1. The summed E-state index contributed by atoms with van der Waals surface area (Å²) < 4.78 is 17.7. The van der Waals surface area contributed by atoms with E-state index in [1.165, 1.54) is 71.4 Å². The van der Waals surface area contributed by atoms with E-state index in [-0.39, 0.29) is 0 Å². The third kappa shape index (κ3) is 5.45. The van der Waals surface area contributed by atoms with E-state index < -0.39 is 0 Å². The predicted octanol–water partition coefficient (Wildman–Crippen LogP) is 17.3. The maximum Gasteiger partial charge on any atom is 0.143 e. The third-order valence-corrected chi connectivity index (χ3v) is 13.9. The van der Waals surface area contributed by atoms with E-state index in [2.05, 4.69) is 217 Å². The summed E-state index contributed by atoms with van der Waals surface area (Å²) in [6.07, 6.45) is 0. The number of hydrogen-bond donors (Lipinski definition) is 0. The monoisotopic (exact) mass is 844 g/mol. The maximum absolute atomic E-state index is 6.79. The van der Waals surface area contributed by atoms with Crippen LogP contribution in [0.25, 0.3) is 132 Å². The van der Waals surface area contributed by atoms with E-state index >= 15 is 0 Å². The van der Waals surface area contributed by atoms with Crippen LogP contribution in [0.15, 0.2) is 215 Å². The first-order valence-corrected chi connectivity index (χ1v) is 22.6. The molecule has 0 aliphatic rings. The van der Waals surface area contributed by atoms with Gasteiger partial charge in [0.1, 0.15) is 22.3 Å². The van der Waals surface area contributed by atoms with Gasteiger partial charge in [0.15, 0.2) is 0 Å². The van der Waals surface area contributed by atoms with Crippen LogP contribution >= 0.6 is 0 Å². The largest absolute Gasteiger partial charge is 0.456 e. The van der Waals surface area contributed by atoms with Crippen LogP contribution in [0.5, 0.6) is 0 Å². The fourth-order valence-corrected chi connectivity index (χ4v) is 10.9. The van der Waals surface area contributed by atoms with Crippen molar-refractivity contribution in [2.75, 3.05) is 0 Å². The molecule has 0 bridgehead atoms. The van der Waals surface area contributed by atoms with Crippen molar-refractivity contribution in [3.63, 3.8) is 0 Å². The lowest BCUT2D eigenvalue weighted by atomic mass is 9.93. The number of aryl methyl sites for hydroxylation is 2. The van der Waals surface area contributed by atoms with Gasteiger partial charge in [0, 0.05) is 60.0 Å². The summed E-state index contributed by atoms with van der Waals surface area (Å²) in [4.78, 5) is 0. The van der Waals surface area contributed by atoms with Crippen molar-refractivity contribution < 1.29 is 8.83 Å². The average molecular weight is 845 g/mol.